The molecule has 10 nitrogen and oxygen atoms in total. The fourth-order valence-electron chi connectivity index (χ4n) is 3.45. The van der Waals surface area contributed by atoms with Crippen LogP contribution in [0.2, 0.25) is 10.0 Å². The molecule has 2 N–H and O–H groups in total. The van der Waals surface area contributed by atoms with E-state index in [-0.39, 0.29) is 35.6 Å². The van der Waals surface area contributed by atoms with E-state index in [0.717, 1.165) is 0 Å². The summed E-state index contributed by atoms with van der Waals surface area (Å²) in [5, 5.41) is 15.0. The fourth-order valence-corrected chi connectivity index (χ4v) is 3.92. The van der Waals surface area contributed by atoms with E-state index in [1.54, 1.807) is 48.4 Å². The fraction of sp³-hybridized carbons (Fsp3) is 0.217. The third kappa shape index (κ3) is 5.50. The second kappa shape index (κ2) is 10.2. The molecule has 0 aliphatic heterocycles. The molecule has 0 unspecified atom stereocenters. The van der Waals surface area contributed by atoms with E-state index in [9.17, 15) is 9.59 Å². The highest BCUT2D eigenvalue weighted by Crippen LogP contribution is 2.27. The summed E-state index contributed by atoms with van der Waals surface area (Å²) in [5.74, 6) is -0.572. The summed E-state index contributed by atoms with van der Waals surface area (Å²) in [6.45, 7) is 5.73. The zero-order valence-electron chi connectivity index (χ0n) is 19.2. The standard InChI is InChI=1S/C23H22Cl2N8O2/c1-13(2)29-22(34)17-8-15(24)7-14(3)20(17)30-23(35)19-9-16(10-32-12-26-11-28-32)31-33(19)21-18(25)5-4-6-27-21/h4-9,11-13H,10H2,1-3H3,(H,29,34)(H,30,35). The van der Waals surface area contributed by atoms with Gasteiger partial charge in [0.1, 0.15) is 18.3 Å². The van der Waals surface area contributed by atoms with Crippen LogP contribution < -0.4 is 10.6 Å². The monoisotopic (exact) mass is 512 g/mol. The molecule has 0 saturated carbocycles. The molecular formula is C23H22Cl2N8O2. The summed E-state index contributed by atoms with van der Waals surface area (Å²) in [4.78, 5) is 34.6. The predicted octanol–water partition coefficient (Wildman–Crippen LogP) is 3.91. The lowest BCUT2D eigenvalue weighted by molar-refractivity contribution is 0.0944. The van der Waals surface area contributed by atoms with Crippen molar-refractivity contribution in [1.82, 2.24) is 34.8 Å². The molecule has 1 aromatic carbocycles. The summed E-state index contributed by atoms with van der Waals surface area (Å²) < 4.78 is 2.94. The number of amides is 2. The number of carbonyl (C=O) groups is 2. The Bertz CT molecular complexity index is 1380. The lowest BCUT2D eigenvalue weighted by Gasteiger charge is -2.16. The molecule has 3 heterocycles. The molecule has 0 bridgehead atoms. The quantitative estimate of drug-likeness (QED) is 0.387. The van der Waals surface area contributed by atoms with Crippen molar-refractivity contribution >= 4 is 40.7 Å². The third-order valence-electron chi connectivity index (χ3n) is 4.93. The van der Waals surface area contributed by atoms with Crippen molar-refractivity contribution in [2.45, 2.75) is 33.4 Å². The van der Waals surface area contributed by atoms with E-state index in [1.807, 2.05) is 13.8 Å². The number of nitrogens with zero attached hydrogens (tertiary/aromatic N) is 6. The average molecular weight is 513 g/mol. The van der Waals surface area contributed by atoms with Crippen LogP contribution in [0, 0.1) is 6.92 Å². The molecule has 0 saturated heterocycles. The van der Waals surface area contributed by atoms with Gasteiger partial charge in [-0.3, -0.25) is 9.59 Å². The lowest BCUT2D eigenvalue weighted by Crippen LogP contribution is -2.31. The maximum Gasteiger partial charge on any atom is 0.274 e. The molecule has 4 rings (SSSR count). The maximum absolute atomic E-state index is 13.5. The summed E-state index contributed by atoms with van der Waals surface area (Å²) in [6.07, 6.45) is 4.51. The van der Waals surface area contributed by atoms with E-state index >= 15 is 0 Å². The Balaban J connectivity index is 1.75. The largest absolute Gasteiger partial charge is 0.350 e. The maximum atomic E-state index is 13.5. The molecule has 0 aliphatic carbocycles. The van der Waals surface area contributed by atoms with Gasteiger partial charge in [-0.2, -0.15) is 10.2 Å². The van der Waals surface area contributed by atoms with Crippen LogP contribution in [0.25, 0.3) is 5.82 Å². The van der Waals surface area contributed by atoms with E-state index in [2.05, 4.69) is 30.8 Å². The number of aryl methyl sites for hydroxylation is 1. The number of benzene rings is 1. The Morgan fingerprint density at radius 3 is 2.63 bits per heavy atom. The van der Waals surface area contributed by atoms with Crippen molar-refractivity contribution in [2.75, 3.05) is 5.32 Å². The van der Waals surface area contributed by atoms with Gasteiger partial charge in [-0.15, -0.1) is 0 Å². The molecule has 0 spiro atoms. The van der Waals surface area contributed by atoms with Gasteiger partial charge in [-0.1, -0.05) is 23.2 Å². The van der Waals surface area contributed by atoms with Crippen LogP contribution in [0.1, 0.15) is 46.0 Å². The highest BCUT2D eigenvalue weighted by atomic mass is 35.5. The van der Waals surface area contributed by atoms with Gasteiger partial charge in [0.25, 0.3) is 11.8 Å². The number of hydrogen-bond acceptors (Lipinski definition) is 6. The SMILES string of the molecule is Cc1cc(Cl)cc(C(=O)NC(C)C)c1NC(=O)c1cc(Cn2cncn2)nn1-c1ncccc1Cl. The van der Waals surface area contributed by atoms with Crippen molar-refractivity contribution < 1.29 is 9.59 Å². The zero-order chi connectivity index (χ0) is 25.1. The van der Waals surface area contributed by atoms with Crippen LogP contribution in [-0.4, -0.2) is 47.4 Å². The first kappa shape index (κ1) is 24.4. The van der Waals surface area contributed by atoms with Gasteiger partial charge in [0.2, 0.25) is 0 Å². The van der Waals surface area contributed by atoms with Crippen LogP contribution in [0.15, 0.2) is 49.2 Å². The predicted molar refractivity (Wildman–Crippen MR) is 132 cm³/mol. The molecular weight excluding hydrogens is 491 g/mol. The van der Waals surface area contributed by atoms with Crippen molar-refractivity contribution in [3.8, 4) is 5.82 Å². The van der Waals surface area contributed by atoms with Crippen LogP contribution >= 0.6 is 23.2 Å². The average Bonchev–Trinajstić information content (AvgIpc) is 3.45. The smallest absolute Gasteiger partial charge is 0.274 e. The van der Waals surface area contributed by atoms with Crippen molar-refractivity contribution in [3.63, 3.8) is 0 Å². The third-order valence-corrected chi connectivity index (χ3v) is 5.44. The zero-order valence-corrected chi connectivity index (χ0v) is 20.7. The first-order valence-corrected chi connectivity index (χ1v) is 11.4. The van der Waals surface area contributed by atoms with Crippen LogP contribution in [-0.2, 0) is 6.54 Å². The Kier molecular flexibility index (Phi) is 7.13. The van der Waals surface area contributed by atoms with Crippen LogP contribution in [0.5, 0.6) is 0 Å². The molecule has 0 atom stereocenters. The molecule has 2 amide bonds. The Labute approximate surface area is 211 Å². The number of halogens is 2. The molecule has 0 radical (unpaired) electrons. The molecule has 35 heavy (non-hydrogen) atoms. The minimum Gasteiger partial charge on any atom is -0.350 e. The second-order valence-corrected chi connectivity index (χ2v) is 8.91. The minimum atomic E-state index is -0.506. The van der Waals surface area contributed by atoms with Gasteiger partial charge in [0.15, 0.2) is 5.82 Å². The number of anilines is 1. The van der Waals surface area contributed by atoms with E-state index < -0.39 is 5.91 Å². The number of rotatable bonds is 7. The van der Waals surface area contributed by atoms with E-state index in [4.69, 9.17) is 23.2 Å². The van der Waals surface area contributed by atoms with Gasteiger partial charge < -0.3 is 10.6 Å². The Hall–Kier alpha value is -3.76. The summed E-state index contributed by atoms with van der Waals surface area (Å²) >= 11 is 12.6. The molecule has 12 heteroatoms. The number of hydrogen-bond donors (Lipinski definition) is 2. The summed E-state index contributed by atoms with van der Waals surface area (Å²) in [6, 6.07) is 8.04. The Morgan fingerprint density at radius 2 is 1.94 bits per heavy atom. The number of aromatic nitrogens is 6. The van der Waals surface area contributed by atoms with Gasteiger partial charge in [0, 0.05) is 17.3 Å². The van der Waals surface area contributed by atoms with Crippen molar-refractivity contribution in [1.29, 1.82) is 0 Å². The number of carbonyl (C=O) groups excluding carboxylic acids is 2. The van der Waals surface area contributed by atoms with Crippen LogP contribution in [0.4, 0.5) is 5.69 Å². The van der Waals surface area contributed by atoms with Gasteiger partial charge in [-0.05, 0) is 56.7 Å². The number of nitrogens with one attached hydrogen (secondary N) is 2. The molecule has 0 aliphatic rings. The van der Waals surface area contributed by atoms with Crippen molar-refractivity contribution in [2.24, 2.45) is 0 Å². The molecule has 3 aromatic heterocycles. The van der Waals surface area contributed by atoms with Gasteiger partial charge >= 0.3 is 0 Å². The van der Waals surface area contributed by atoms with E-state index in [1.165, 1.54) is 17.1 Å². The molecule has 0 fully saturated rings. The first-order chi connectivity index (χ1) is 16.7. The minimum absolute atomic E-state index is 0.0996. The Morgan fingerprint density at radius 1 is 1.14 bits per heavy atom. The number of pyridine rings is 1. The summed E-state index contributed by atoms with van der Waals surface area (Å²) in [7, 11) is 0. The first-order valence-electron chi connectivity index (χ1n) is 10.7. The summed E-state index contributed by atoms with van der Waals surface area (Å²) in [5.41, 5.74) is 1.93. The highest BCUT2D eigenvalue weighted by molar-refractivity contribution is 6.32. The lowest BCUT2D eigenvalue weighted by atomic mass is 10.1. The molecule has 180 valence electrons. The second-order valence-electron chi connectivity index (χ2n) is 8.06. The van der Waals surface area contributed by atoms with Crippen molar-refractivity contribution in [3.05, 3.63) is 81.7 Å². The normalized spacial score (nSPS) is 11.0. The van der Waals surface area contributed by atoms with E-state index in [0.29, 0.717) is 27.0 Å². The topological polar surface area (TPSA) is 120 Å². The van der Waals surface area contributed by atoms with Crippen LogP contribution in [0.3, 0.4) is 0 Å². The molecule has 4 aromatic rings. The highest BCUT2D eigenvalue weighted by Gasteiger charge is 2.23. The van der Waals surface area contributed by atoms with Gasteiger partial charge in [-0.25, -0.2) is 19.3 Å². The van der Waals surface area contributed by atoms with Gasteiger partial charge in [0.05, 0.1) is 28.5 Å².